The van der Waals surface area contributed by atoms with Gasteiger partial charge in [-0.15, -0.1) is 0 Å². The Kier molecular flexibility index (Phi) is 24.7. The number of nitrogens with one attached hydrogen (secondary N) is 1. The summed E-state index contributed by atoms with van der Waals surface area (Å²) in [5.74, 6) is 0. The topological polar surface area (TPSA) is 28.2 Å². The minimum Gasteiger partial charge on any atom is -0.320 e. The zero-order chi connectivity index (χ0) is 17.6. The predicted molar refractivity (Wildman–Crippen MR) is 105 cm³/mol. The molecule has 0 unspecified atom stereocenters. The van der Waals surface area contributed by atoms with E-state index in [1.54, 1.807) is 12.4 Å². The predicted octanol–water partition coefficient (Wildman–Crippen LogP) is 5.00. The van der Waals surface area contributed by atoms with Crippen LogP contribution in [0.3, 0.4) is 0 Å². The van der Waals surface area contributed by atoms with E-state index in [0.29, 0.717) is 0 Å². The van der Waals surface area contributed by atoms with Gasteiger partial charge in [-0.1, -0.05) is 53.0 Å². The fraction of sp³-hybridized carbons (Fsp3) is 0.750. The molecule has 3 heteroatoms. The molecule has 0 spiro atoms. The molecule has 0 aliphatic carbocycles. The highest BCUT2D eigenvalue weighted by Crippen LogP contribution is 2.01. The Morgan fingerprint density at radius 2 is 1.13 bits per heavy atom. The van der Waals surface area contributed by atoms with Crippen LogP contribution in [0, 0.1) is 0 Å². The molecule has 1 heterocycles. The van der Waals surface area contributed by atoms with E-state index in [0.717, 1.165) is 6.54 Å². The van der Waals surface area contributed by atoms with Gasteiger partial charge >= 0.3 is 0 Å². The molecular formula is C20H41N3. The van der Waals surface area contributed by atoms with E-state index in [4.69, 9.17) is 0 Å². The Morgan fingerprint density at radius 3 is 1.30 bits per heavy atom. The summed E-state index contributed by atoms with van der Waals surface area (Å²) in [5, 5.41) is 2.93. The molecule has 0 bridgehead atoms. The monoisotopic (exact) mass is 323 g/mol. The summed E-state index contributed by atoms with van der Waals surface area (Å²) in [6, 6.07) is 5.72. The normalized spacial score (nSPS) is 9.65. The van der Waals surface area contributed by atoms with Gasteiger partial charge in [0.15, 0.2) is 0 Å². The van der Waals surface area contributed by atoms with Crippen LogP contribution in [-0.2, 0) is 0 Å². The highest BCUT2D eigenvalue weighted by atomic mass is 15.1. The molecule has 23 heavy (non-hydrogen) atoms. The van der Waals surface area contributed by atoms with Crippen LogP contribution in [0.4, 0.5) is 0 Å². The van der Waals surface area contributed by atoms with Crippen LogP contribution in [0.1, 0.15) is 66.2 Å². The summed E-state index contributed by atoms with van der Waals surface area (Å²) in [6.45, 7) is 13.9. The third kappa shape index (κ3) is 23.5. The first-order valence-electron chi connectivity index (χ1n) is 9.48. The molecule has 0 aromatic carbocycles. The fourth-order valence-electron chi connectivity index (χ4n) is 1.79. The third-order valence-electron chi connectivity index (χ3n) is 3.40. The molecule has 136 valence electrons. The SMILES string of the molecule is CCCCN(CCCC)CCCC.CCNC.c1ccncc1. The van der Waals surface area contributed by atoms with Gasteiger partial charge in [0.1, 0.15) is 0 Å². The second-order valence-corrected chi connectivity index (χ2v) is 5.63. The van der Waals surface area contributed by atoms with Crippen LogP contribution < -0.4 is 5.32 Å². The van der Waals surface area contributed by atoms with Crippen molar-refractivity contribution in [1.82, 2.24) is 15.2 Å². The van der Waals surface area contributed by atoms with Crippen molar-refractivity contribution in [3.63, 3.8) is 0 Å². The summed E-state index contributed by atoms with van der Waals surface area (Å²) in [4.78, 5) is 6.42. The largest absolute Gasteiger partial charge is 0.320 e. The molecule has 0 amide bonds. The Hall–Kier alpha value is -0.930. The van der Waals surface area contributed by atoms with Gasteiger partial charge in [0, 0.05) is 12.4 Å². The zero-order valence-electron chi connectivity index (χ0n) is 16.4. The average molecular weight is 324 g/mol. The van der Waals surface area contributed by atoms with Crippen LogP contribution in [0.15, 0.2) is 30.6 Å². The molecule has 0 radical (unpaired) electrons. The van der Waals surface area contributed by atoms with E-state index < -0.39 is 0 Å². The van der Waals surface area contributed by atoms with E-state index in [1.807, 2.05) is 25.2 Å². The second kappa shape index (κ2) is 23.3. The minimum atomic E-state index is 1.07. The van der Waals surface area contributed by atoms with Crippen molar-refractivity contribution in [1.29, 1.82) is 0 Å². The highest BCUT2D eigenvalue weighted by molar-refractivity contribution is 4.88. The molecule has 0 saturated heterocycles. The van der Waals surface area contributed by atoms with Crippen LogP contribution in [0.2, 0.25) is 0 Å². The van der Waals surface area contributed by atoms with E-state index in [1.165, 1.54) is 58.2 Å². The smallest absolute Gasteiger partial charge is 0.0267 e. The molecule has 3 nitrogen and oxygen atoms in total. The Labute approximate surface area is 145 Å². The maximum absolute atomic E-state index is 3.78. The molecule has 0 saturated carbocycles. The lowest BCUT2D eigenvalue weighted by atomic mass is 10.2. The van der Waals surface area contributed by atoms with Crippen LogP contribution in [-0.4, -0.2) is 43.1 Å². The maximum atomic E-state index is 3.78. The summed E-state index contributed by atoms with van der Waals surface area (Å²) >= 11 is 0. The Balaban J connectivity index is 0. The van der Waals surface area contributed by atoms with E-state index in [-0.39, 0.29) is 0 Å². The van der Waals surface area contributed by atoms with Gasteiger partial charge in [-0.2, -0.15) is 0 Å². The summed E-state index contributed by atoms with van der Waals surface area (Å²) in [6.07, 6.45) is 11.6. The van der Waals surface area contributed by atoms with Crippen molar-refractivity contribution in [2.24, 2.45) is 0 Å². The number of unbranched alkanes of at least 4 members (excludes halogenated alkanes) is 3. The maximum Gasteiger partial charge on any atom is 0.0267 e. The fourth-order valence-corrected chi connectivity index (χ4v) is 1.79. The van der Waals surface area contributed by atoms with Gasteiger partial charge in [-0.25, -0.2) is 0 Å². The summed E-state index contributed by atoms with van der Waals surface area (Å²) < 4.78 is 0. The zero-order valence-corrected chi connectivity index (χ0v) is 16.4. The van der Waals surface area contributed by atoms with Crippen LogP contribution in [0.5, 0.6) is 0 Å². The van der Waals surface area contributed by atoms with Crippen molar-refractivity contribution in [2.45, 2.75) is 66.2 Å². The van der Waals surface area contributed by atoms with Crippen LogP contribution >= 0.6 is 0 Å². The number of hydrogen-bond donors (Lipinski definition) is 1. The molecule has 0 atom stereocenters. The van der Waals surface area contributed by atoms with E-state index in [9.17, 15) is 0 Å². The number of rotatable bonds is 10. The second-order valence-electron chi connectivity index (χ2n) is 5.63. The van der Waals surface area contributed by atoms with Gasteiger partial charge in [-0.05, 0) is 64.6 Å². The first-order valence-corrected chi connectivity index (χ1v) is 9.48. The average Bonchev–Trinajstić information content (AvgIpc) is 2.63. The third-order valence-corrected chi connectivity index (χ3v) is 3.40. The van der Waals surface area contributed by atoms with Gasteiger partial charge in [0.05, 0.1) is 0 Å². The molecule has 0 aliphatic rings. The highest BCUT2D eigenvalue weighted by Gasteiger charge is 2.01. The van der Waals surface area contributed by atoms with Crippen molar-refractivity contribution in [3.8, 4) is 0 Å². The lowest BCUT2D eigenvalue weighted by Gasteiger charge is -2.21. The Bertz CT molecular complexity index is 230. The van der Waals surface area contributed by atoms with Crippen molar-refractivity contribution >= 4 is 0 Å². The van der Waals surface area contributed by atoms with Gasteiger partial charge in [-0.3, -0.25) is 4.98 Å². The molecule has 1 rings (SSSR count). The molecule has 1 aromatic heterocycles. The van der Waals surface area contributed by atoms with Gasteiger partial charge in [0.25, 0.3) is 0 Å². The minimum absolute atomic E-state index is 1.07. The lowest BCUT2D eigenvalue weighted by molar-refractivity contribution is 0.261. The number of hydrogen-bond acceptors (Lipinski definition) is 3. The molecular weight excluding hydrogens is 282 g/mol. The van der Waals surface area contributed by atoms with E-state index in [2.05, 4.69) is 42.9 Å². The number of pyridine rings is 1. The quantitative estimate of drug-likeness (QED) is 0.657. The number of nitrogens with zero attached hydrogens (tertiary/aromatic N) is 2. The van der Waals surface area contributed by atoms with Crippen molar-refractivity contribution in [2.75, 3.05) is 33.2 Å². The van der Waals surface area contributed by atoms with Gasteiger partial charge in [0.2, 0.25) is 0 Å². The Morgan fingerprint density at radius 1 is 0.739 bits per heavy atom. The lowest BCUT2D eigenvalue weighted by Crippen LogP contribution is -2.27. The first-order chi connectivity index (χ1) is 11.3. The molecule has 0 fully saturated rings. The van der Waals surface area contributed by atoms with Gasteiger partial charge < -0.3 is 10.2 Å². The van der Waals surface area contributed by atoms with Crippen molar-refractivity contribution in [3.05, 3.63) is 30.6 Å². The number of aromatic nitrogens is 1. The molecule has 1 N–H and O–H groups in total. The molecule has 1 aromatic rings. The summed E-state index contributed by atoms with van der Waals surface area (Å²) in [5.41, 5.74) is 0. The van der Waals surface area contributed by atoms with Crippen LogP contribution in [0.25, 0.3) is 0 Å². The first kappa shape index (κ1) is 24.3. The van der Waals surface area contributed by atoms with Crippen molar-refractivity contribution < 1.29 is 0 Å². The summed E-state index contributed by atoms with van der Waals surface area (Å²) in [7, 11) is 1.93. The molecule has 0 aliphatic heterocycles. The van der Waals surface area contributed by atoms with E-state index >= 15 is 0 Å². The standard InChI is InChI=1S/C12H27N.C5H5N.C3H9N/c1-4-7-10-13(11-8-5-2)12-9-6-3;1-2-4-6-5-3-1;1-3-4-2/h4-12H2,1-3H3;1-5H;4H,3H2,1-2H3.